The van der Waals surface area contributed by atoms with E-state index in [9.17, 15) is 4.39 Å². The number of rotatable bonds is 6. The van der Waals surface area contributed by atoms with Gasteiger partial charge in [-0.05, 0) is 29.8 Å². The molecule has 6 heteroatoms. The second-order valence-electron chi connectivity index (χ2n) is 7.20. The molecule has 0 spiro atoms. The largest absolute Gasteiger partial charge is 0.356 e. The van der Waals surface area contributed by atoms with Crippen LogP contribution in [-0.2, 0) is 11.8 Å². The van der Waals surface area contributed by atoms with Gasteiger partial charge < -0.3 is 15.0 Å². The summed E-state index contributed by atoms with van der Waals surface area (Å²) in [6.07, 6.45) is 4.84. The lowest BCUT2D eigenvalue weighted by Crippen LogP contribution is -2.44. The summed E-state index contributed by atoms with van der Waals surface area (Å²) in [5.74, 6) is 0.513. The molecule has 2 heterocycles. The van der Waals surface area contributed by atoms with E-state index in [1.54, 1.807) is 19.2 Å². The van der Waals surface area contributed by atoms with Crippen molar-refractivity contribution < 1.29 is 4.39 Å². The van der Waals surface area contributed by atoms with Gasteiger partial charge in [-0.25, -0.2) is 9.37 Å². The summed E-state index contributed by atoms with van der Waals surface area (Å²) in [4.78, 5) is 8.87. The van der Waals surface area contributed by atoms with Crippen molar-refractivity contribution in [1.82, 2.24) is 20.0 Å². The first-order chi connectivity index (χ1) is 13.0. The minimum Gasteiger partial charge on any atom is -0.356 e. The summed E-state index contributed by atoms with van der Waals surface area (Å²) in [6.45, 7) is 5.53. The van der Waals surface area contributed by atoms with Gasteiger partial charge >= 0.3 is 0 Å². The zero-order valence-electron chi connectivity index (χ0n) is 16.0. The van der Waals surface area contributed by atoms with Crippen LogP contribution >= 0.6 is 0 Å². The average Bonchev–Trinajstić information content (AvgIpc) is 3.07. The molecule has 2 aromatic heterocycles. The molecule has 142 valence electrons. The number of hydrogen-bond acceptors (Lipinski definition) is 2. The van der Waals surface area contributed by atoms with E-state index >= 15 is 0 Å². The SMILES string of the molecule is CN=C(NCCc1cn2ccccc2n1)NCC(C)(C)c1cccc(F)c1. The first kappa shape index (κ1) is 18.9. The molecule has 3 aromatic rings. The topological polar surface area (TPSA) is 53.7 Å². The predicted molar refractivity (Wildman–Crippen MR) is 108 cm³/mol. The number of pyridine rings is 1. The second kappa shape index (κ2) is 8.20. The Bertz CT molecular complexity index is 896. The third kappa shape index (κ3) is 4.84. The van der Waals surface area contributed by atoms with Crippen molar-refractivity contribution in [2.24, 2.45) is 4.99 Å². The molecule has 0 atom stereocenters. The highest BCUT2D eigenvalue weighted by Crippen LogP contribution is 2.22. The summed E-state index contributed by atoms with van der Waals surface area (Å²) in [5.41, 5.74) is 2.72. The Morgan fingerprint density at radius 2 is 2.04 bits per heavy atom. The molecule has 0 amide bonds. The van der Waals surface area contributed by atoms with Crippen LogP contribution in [0.15, 0.2) is 59.9 Å². The number of nitrogens with one attached hydrogen (secondary N) is 2. The third-order valence-electron chi connectivity index (χ3n) is 4.61. The van der Waals surface area contributed by atoms with Gasteiger partial charge in [0.15, 0.2) is 5.96 Å². The Hall–Kier alpha value is -2.89. The summed E-state index contributed by atoms with van der Waals surface area (Å²) in [7, 11) is 1.75. The van der Waals surface area contributed by atoms with Crippen LogP contribution in [0.5, 0.6) is 0 Å². The number of nitrogens with zero attached hydrogens (tertiary/aromatic N) is 3. The molecule has 0 bridgehead atoms. The fourth-order valence-electron chi connectivity index (χ4n) is 2.95. The molecule has 0 aliphatic rings. The van der Waals surface area contributed by atoms with Crippen LogP contribution < -0.4 is 10.6 Å². The van der Waals surface area contributed by atoms with Crippen molar-refractivity contribution in [3.8, 4) is 0 Å². The molecule has 0 radical (unpaired) electrons. The quantitative estimate of drug-likeness (QED) is 0.520. The Balaban J connectivity index is 1.51. The van der Waals surface area contributed by atoms with E-state index in [-0.39, 0.29) is 11.2 Å². The Morgan fingerprint density at radius 3 is 2.78 bits per heavy atom. The van der Waals surface area contributed by atoms with Gasteiger partial charge in [-0.3, -0.25) is 4.99 Å². The van der Waals surface area contributed by atoms with Crippen molar-refractivity contribution in [3.05, 3.63) is 71.9 Å². The lowest BCUT2D eigenvalue weighted by molar-refractivity contribution is 0.503. The summed E-state index contributed by atoms with van der Waals surface area (Å²) >= 11 is 0. The number of aromatic nitrogens is 2. The number of aliphatic imine (C=N–C) groups is 1. The predicted octanol–water partition coefficient (Wildman–Crippen LogP) is 3.16. The van der Waals surface area contributed by atoms with E-state index in [1.807, 2.05) is 41.1 Å². The number of fused-ring (bicyclic) bond motifs is 1. The molecule has 3 rings (SSSR count). The molecule has 0 unspecified atom stereocenters. The molecule has 1 aromatic carbocycles. The maximum atomic E-state index is 13.5. The first-order valence-electron chi connectivity index (χ1n) is 9.11. The van der Waals surface area contributed by atoms with Crippen LogP contribution in [0.1, 0.15) is 25.1 Å². The lowest BCUT2D eigenvalue weighted by Gasteiger charge is -2.26. The van der Waals surface area contributed by atoms with Crippen molar-refractivity contribution in [2.45, 2.75) is 25.7 Å². The van der Waals surface area contributed by atoms with Crippen LogP contribution in [-0.4, -0.2) is 35.5 Å². The maximum absolute atomic E-state index is 13.5. The minimum absolute atomic E-state index is 0.212. The third-order valence-corrected chi connectivity index (χ3v) is 4.61. The van der Waals surface area contributed by atoms with Gasteiger partial charge in [0.2, 0.25) is 0 Å². The van der Waals surface area contributed by atoms with Crippen molar-refractivity contribution in [2.75, 3.05) is 20.1 Å². The van der Waals surface area contributed by atoms with Gasteiger partial charge in [-0.1, -0.05) is 32.0 Å². The number of benzene rings is 1. The van der Waals surface area contributed by atoms with Gasteiger partial charge in [-0.2, -0.15) is 0 Å². The Morgan fingerprint density at radius 1 is 1.19 bits per heavy atom. The molecule has 0 aliphatic carbocycles. The lowest BCUT2D eigenvalue weighted by atomic mass is 9.84. The molecular weight excluding hydrogens is 341 g/mol. The van der Waals surface area contributed by atoms with Gasteiger partial charge in [0, 0.05) is 44.4 Å². The summed E-state index contributed by atoms with van der Waals surface area (Å²) < 4.78 is 15.5. The highest BCUT2D eigenvalue weighted by atomic mass is 19.1. The molecule has 5 nitrogen and oxygen atoms in total. The van der Waals surface area contributed by atoms with E-state index < -0.39 is 0 Å². The van der Waals surface area contributed by atoms with Gasteiger partial charge in [0.05, 0.1) is 5.69 Å². The standard InChI is InChI=1S/C21H26FN5/c1-21(2,16-7-6-8-17(22)13-16)15-25-20(23-3)24-11-10-18-14-27-12-5-4-9-19(27)26-18/h4-9,12-14H,10-11,15H2,1-3H3,(H2,23,24,25). The number of imidazole rings is 1. The molecule has 0 saturated heterocycles. The highest BCUT2D eigenvalue weighted by Gasteiger charge is 2.21. The van der Waals surface area contributed by atoms with Gasteiger partial charge in [0.1, 0.15) is 11.5 Å². The van der Waals surface area contributed by atoms with E-state index in [4.69, 9.17) is 0 Å². The fraction of sp³-hybridized carbons (Fsp3) is 0.333. The van der Waals surface area contributed by atoms with Crippen LogP contribution in [0, 0.1) is 5.82 Å². The molecule has 0 saturated carbocycles. The van der Waals surface area contributed by atoms with E-state index in [2.05, 4.69) is 34.5 Å². The van der Waals surface area contributed by atoms with E-state index in [0.717, 1.165) is 35.8 Å². The Kier molecular flexibility index (Phi) is 5.74. The summed E-state index contributed by atoms with van der Waals surface area (Å²) in [6, 6.07) is 12.7. The van der Waals surface area contributed by atoms with Crippen LogP contribution in [0.2, 0.25) is 0 Å². The Labute approximate surface area is 159 Å². The number of hydrogen-bond donors (Lipinski definition) is 2. The van der Waals surface area contributed by atoms with Crippen LogP contribution in [0.3, 0.4) is 0 Å². The number of halogens is 1. The second-order valence-corrected chi connectivity index (χ2v) is 7.20. The van der Waals surface area contributed by atoms with Crippen molar-refractivity contribution in [3.63, 3.8) is 0 Å². The van der Waals surface area contributed by atoms with E-state index in [1.165, 1.54) is 6.07 Å². The minimum atomic E-state index is -0.221. The van der Waals surface area contributed by atoms with Gasteiger partial charge in [0.25, 0.3) is 0 Å². The van der Waals surface area contributed by atoms with Crippen LogP contribution in [0.25, 0.3) is 5.65 Å². The maximum Gasteiger partial charge on any atom is 0.191 e. The van der Waals surface area contributed by atoms with Crippen molar-refractivity contribution >= 4 is 11.6 Å². The summed E-state index contributed by atoms with van der Waals surface area (Å²) in [5, 5.41) is 6.64. The highest BCUT2D eigenvalue weighted by molar-refractivity contribution is 5.79. The average molecular weight is 367 g/mol. The smallest absolute Gasteiger partial charge is 0.191 e. The van der Waals surface area contributed by atoms with E-state index in [0.29, 0.717) is 6.54 Å². The zero-order valence-corrected chi connectivity index (χ0v) is 16.0. The van der Waals surface area contributed by atoms with Gasteiger partial charge in [-0.15, -0.1) is 0 Å². The molecule has 0 fully saturated rings. The molecule has 27 heavy (non-hydrogen) atoms. The first-order valence-corrected chi connectivity index (χ1v) is 9.11. The van der Waals surface area contributed by atoms with Crippen molar-refractivity contribution in [1.29, 1.82) is 0 Å². The van der Waals surface area contributed by atoms with Crippen LogP contribution in [0.4, 0.5) is 4.39 Å². The molecule has 2 N–H and O–H groups in total. The number of guanidine groups is 1. The monoisotopic (exact) mass is 367 g/mol. The zero-order chi connectivity index (χ0) is 19.3. The molecular formula is C21H26FN5. The molecule has 0 aliphatic heterocycles. The fourth-order valence-corrected chi connectivity index (χ4v) is 2.95. The normalized spacial score (nSPS) is 12.4.